The summed E-state index contributed by atoms with van der Waals surface area (Å²) in [5.41, 5.74) is 0.870. The number of benzene rings is 1. The molecule has 0 bridgehead atoms. The van der Waals surface area contributed by atoms with Gasteiger partial charge in [0.2, 0.25) is 0 Å². The molecule has 0 aliphatic rings. The second-order valence-corrected chi connectivity index (χ2v) is 3.85. The molecule has 0 saturated carbocycles. The van der Waals surface area contributed by atoms with Crippen molar-refractivity contribution in [2.24, 2.45) is 0 Å². The summed E-state index contributed by atoms with van der Waals surface area (Å²) in [6, 6.07) is 5.04. The normalized spacial score (nSPS) is 10.6. The van der Waals surface area contributed by atoms with Crippen LogP contribution in [0.15, 0.2) is 18.2 Å². The molecule has 1 heterocycles. The number of halogens is 3. The second-order valence-electron chi connectivity index (χ2n) is 2.74. The van der Waals surface area contributed by atoms with Gasteiger partial charge in [-0.25, -0.2) is 9.97 Å². The highest BCUT2D eigenvalue weighted by Crippen LogP contribution is 2.23. The predicted octanol–water partition coefficient (Wildman–Crippen LogP) is 3.32. The zero-order chi connectivity index (χ0) is 11.0. The number of hydrogen-bond acceptors (Lipinski definition) is 3. The van der Waals surface area contributed by atoms with Gasteiger partial charge in [0.15, 0.2) is 10.8 Å². The third-order valence-electron chi connectivity index (χ3n) is 1.79. The molecule has 0 aliphatic carbocycles. The van der Waals surface area contributed by atoms with E-state index >= 15 is 0 Å². The lowest BCUT2D eigenvalue weighted by molar-refractivity contribution is 0.107. The number of para-hydroxylation sites is 1. The molecule has 0 atom stereocenters. The molecular weight excluding hydrogens is 258 g/mol. The second kappa shape index (κ2) is 3.93. The molecule has 3 nitrogen and oxygen atoms in total. The van der Waals surface area contributed by atoms with Gasteiger partial charge in [-0.3, -0.25) is 4.79 Å². The Morgan fingerprint density at radius 1 is 1.20 bits per heavy atom. The lowest BCUT2D eigenvalue weighted by Gasteiger charge is -2.02. The minimum Gasteiger partial charge on any atom is -0.274 e. The van der Waals surface area contributed by atoms with Crippen LogP contribution in [0.3, 0.4) is 0 Å². The zero-order valence-corrected chi connectivity index (χ0v) is 9.44. The maximum absolute atomic E-state index is 10.9. The van der Waals surface area contributed by atoms with Crippen LogP contribution in [0.1, 0.15) is 10.5 Å². The van der Waals surface area contributed by atoms with Crippen molar-refractivity contribution in [3.8, 4) is 0 Å². The first-order valence-corrected chi connectivity index (χ1v) is 5.04. The summed E-state index contributed by atoms with van der Waals surface area (Å²) >= 11 is 16.9. The molecule has 6 heteroatoms. The summed E-state index contributed by atoms with van der Waals surface area (Å²) in [4.78, 5) is 18.9. The van der Waals surface area contributed by atoms with Gasteiger partial charge < -0.3 is 0 Å². The first-order valence-electron chi connectivity index (χ1n) is 3.91. The van der Waals surface area contributed by atoms with Gasteiger partial charge in [0.1, 0.15) is 5.52 Å². The zero-order valence-electron chi connectivity index (χ0n) is 7.17. The number of aromatic nitrogens is 2. The lowest BCUT2D eigenvalue weighted by atomic mass is 10.3. The van der Waals surface area contributed by atoms with Gasteiger partial charge in [0.25, 0.3) is 5.24 Å². The Balaban J connectivity index is 2.82. The van der Waals surface area contributed by atoms with E-state index in [1.165, 1.54) is 0 Å². The van der Waals surface area contributed by atoms with Gasteiger partial charge in [0.05, 0.1) is 10.5 Å². The van der Waals surface area contributed by atoms with Crippen molar-refractivity contribution in [2.75, 3.05) is 0 Å². The van der Waals surface area contributed by atoms with E-state index in [1.807, 2.05) is 0 Å². The highest BCUT2D eigenvalue weighted by atomic mass is 35.5. The van der Waals surface area contributed by atoms with Gasteiger partial charge in [-0.2, -0.15) is 0 Å². The van der Waals surface area contributed by atoms with Crippen LogP contribution < -0.4 is 0 Å². The minimum absolute atomic E-state index is 0.0457. The number of nitrogens with zero attached hydrogens (tertiary/aromatic N) is 2. The van der Waals surface area contributed by atoms with Crippen molar-refractivity contribution in [1.29, 1.82) is 0 Å². The fourth-order valence-electron chi connectivity index (χ4n) is 1.15. The van der Waals surface area contributed by atoms with Crippen molar-refractivity contribution < 1.29 is 4.79 Å². The van der Waals surface area contributed by atoms with E-state index in [2.05, 4.69) is 9.97 Å². The fourth-order valence-corrected chi connectivity index (χ4v) is 1.75. The van der Waals surface area contributed by atoms with Crippen molar-refractivity contribution in [3.63, 3.8) is 0 Å². The molecule has 0 unspecified atom stereocenters. The van der Waals surface area contributed by atoms with Crippen LogP contribution in [0.2, 0.25) is 10.2 Å². The molecule has 0 saturated heterocycles. The van der Waals surface area contributed by atoms with Crippen molar-refractivity contribution >= 4 is 51.1 Å². The summed E-state index contributed by atoms with van der Waals surface area (Å²) in [6.45, 7) is 0. The Morgan fingerprint density at radius 3 is 2.60 bits per heavy atom. The third kappa shape index (κ3) is 1.91. The monoisotopic (exact) mass is 260 g/mol. The summed E-state index contributed by atoms with van der Waals surface area (Å²) in [5, 5.41) is -0.361. The molecular formula is C9H3Cl3N2O. The number of hydrogen-bond donors (Lipinski definition) is 0. The quantitative estimate of drug-likeness (QED) is 0.740. The Kier molecular flexibility index (Phi) is 2.78. The fraction of sp³-hybridized carbons (Fsp3) is 0. The van der Waals surface area contributed by atoms with Crippen LogP contribution in [0.4, 0.5) is 0 Å². The molecule has 2 aromatic rings. The summed E-state index contributed by atoms with van der Waals surface area (Å²) in [5.74, 6) is 0. The first-order chi connectivity index (χ1) is 7.09. The van der Waals surface area contributed by atoms with E-state index < -0.39 is 5.24 Å². The van der Waals surface area contributed by atoms with E-state index in [0.717, 1.165) is 0 Å². The standard InChI is InChI=1S/C9H3Cl3N2O/c10-4-2-1-3-5-6(4)14-8(11)7(13-5)9(12)15/h1-3H. The van der Waals surface area contributed by atoms with E-state index in [-0.39, 0.29) is 10.8 Å². The SMILES string of the molecule is O=C(Cl)c1nc2cccc(Cl)c2nc1Cl. The molecule has 15 heavy (non-hydrogen) atoms. The molecule has 0 fully saturated rings. The van der Waals surface area contributed by atoms with Crippen LogP contribution in [0.25, 0.3) is 11.0 Å². The topological polar surface area (TPSA) is 42.9 Å². The number of rotatable bonds is 1. The molecule has 0 amide bonds. The highest BCUT2D eigenvalue weighted by Gasteiger charge is 2.13. The number of carbonyl (C=O) groups excluding carboxylic acids is 1. The summed E-state index contributed by atoms with van der Waals surface area (Å²) in [7, 11) is 0. The summed E-state index contributed by atoms with van der Waals surface area (Å²) in [6.07, 6.45) is 0. The van der Waals surface area contributed by atoms with Crippen LogP contribution in [0.5, 0.6) is 0 Å². The third-order valence-corrected chi connectivity index (χ3v) is 2.54. The van der Waals surface area contributed by atoms with Crippen molar-refractivity contribution in [1.82, 2.24) is 9.97 Å². The maximum atomic E-state index is 10.9. The van der Waals surface area contributed by atoms with Crippen molar-refractivity contribution in [3.05, 3.63) is 34.1 Å². The van der Waals surface area contributed by atoms with Crippen LogP contribution >= 0.6 is 34.8 Å². The molecule has 0 radical (unpaired) electrons. The Morgan fingerprint density at radius 2 is 1.93 bits per heavy atom. The van der Waals surface area contributed by atoms with Gasteiger partial charge in [-0.1, -0.05) is 29.3 Å². The van der Waals surface area contributed by atoms with E-state index in [4.69, 9.17) is 34.8 Å². The Labute approximate surface area is 100.0 Å². The van der Waals surface area contributed by atoms with Gasteiger partial charge >= 0.3 is 0 Å². The predicted molar refractivity (Wildman–Crippen MR) is 59.7 cm³/mol. The highest BCUT2D eigenvalue weighted by molar-refractivity contribution is 6.68. The smallest absolute Gasteiger partial charge is 0.274 e. The number of carbonyl (C=O) groups is 1. The molecule has 2 rings (SSSR count). The lowest BCUT2D eigenvalue weighted by Crippen LogP contribution is -1.98. The van der Waals surface area contributed by atoms with E-state index in [0.29, 0.717) is 16.1 Å². The van der Waals surface area contributed by atoms with Crippen LogP contribution in [-0.2, 0) is 0 Å². The largest absolute Gasteiger partial charge is 0.274 e. The van der Waals surface area contributed by atoms with E-state index in [9.17, 15) is 4.79 Å². The minimum atomic E-state index is -0.741. The average Bonchev–Trinajstić information content (AvgIpc) is 2.18. The molecule has 1 aromatic carbocycles. The van der Waals surface area contributed by atoms with Crippen molar-refractivity contribution in [2.45, 2.75) is 0 Å². The Bertz CT molecular complexity index is 556. The maximum Gasteiger partial charge on any atom is 0.274 e. The number of fused-ring (bicyclic) bond motifs is 1. The molecule has 0 aliphatic heterocycles. The summed E-state index contributed by atoms with van der Waals surface area (Å²) < 4.78 is 0. The average molecular weight is 261 g/mol. The van der Waals surface area contributed by atoms with Gasteiger partial charge in [0, 0.05) is 0 Å². The van der Waals surface area contributed by atoms with Crippen LogP contribution in [0, 0.1) is 0 Å². The molecule has 0 spiro atoms. The van der Waals surface area contributed by atoms with Gasteiger partial charge in [-0.15, -0.1) is 0 Å². The van der Waals surface area contributed by atoms with Gasteiger partial charge in [-0.05, 0) is 23.7 Å². The first kappa shape index (κ1) is 10.6. The Hall–Kier alpha value is -0.900. The van der Waals surface area contributed by atoms with E-state index in [1.54, 1.807) is 18.2 Å². The molecule has 76 valence electrons. The molecule has 0 N–H and O–H groups in total. The van der Waals surface area contributed by atoms with Crippen LogP contribution in [-0.4, -0.2) is 15.2 Å². The molecule has 1 aromatic heterocycles.